The van der Waals surface area contributed by atoms with Crippen LogP contribution in [0.15, 0.2) is 0 Å². The Morgan fingerprint density at radius 2 is 1.86 bits per heavy atom. The van der Waals surface area contributed by atoms with Crippen molar-refractivity contribution in [1.29, 1.82) is 0 Å². The van der Waals surface area contributed by atoms with Gasteiger partial charge in [0.05, 0.1) is 6.10 Å². The quantitative estimate of drug-likeness (QED) is 0.710. The number of hydrogen-bond acceptors (Lipinski definition) is 2. The fourth-order valence-electron chi connectivity index (χ4n) is 2.97. The summed E-state index contributed by atoms with van der Waals surface area (Å²) in [6, 6.07) is 1.07. The summed E-state index contributed by atoms with van der Waals surface area (Å²) in [5.41, 5.74) is 0. The first-order chi connectivity index (χ1) is 6.75. The van der Waals surface area contributed by atoms with Gasteiger partial charge in [0.2, 0.25) is 0 Å². The Morgan fingerprint density at radius 3 is 2.50 bits per heavy atom. The number of nitrogens with one attached hydrogen (secondary N) is 1. The van der Waals surface area contributed by atoms with Crippen molar-refractivity contribution in [3.63, 3.8) is 0 Å². The third-order valence-corrected chi connectivity index (χ3v) is 3.87. The smallest absolute Gasteiger partial charge is 0.0693 e. The van der Waals surface area contributed by atoms with Crippen molar-refractivity contribution >= 4 is 0 Å². The van der Waals surface area contributed by atoms with Gasteiger partial charge in [0.1, 0.15) is 0 Å². The van der Waals surface area contributed by atoms with Crippen LogP contribution in [-0.2, 0) is 0 Å². The fraction of sp³-hybridized carbons (Fsp3) is 1.00. The lowest BCUT2D eigenvalue weighted by molar-refractivity contribution is 0.0850. The van der Waals surface area contributed by atoms with Crippen LogP contribution in [0.3, 0.4) is 0 Å². The van der Waals surface area contributed by atoms with Crippen LogP contribution < -0.4 is 5.32 Å². The molecule has 0 aromatic heterocycles. The molecule has 0 heterocycles. The first kappa shape index (κ1) is 10.4. The average molecular weight is 197 g/mol. The van der Waals surface area contributed by atoms with Gasteiger partial charge in [-0.3, -0.25) is 0 Å². The van der Waals surface area contributed by atoms with Crippen LogP contribution in [0.1, 0.15) is 51.9 Å². The first-order valence-electron chi connectivity index (χ1n) is 6.20. The molecule has 2 fully saturated rings. The van der Waals surface area contributed by atoms with Crippen molar-refractivity contribution < 1.29 is 5.11 Å². The van der Waals surface area contributed by atoms with Gasteiger partial charge in [0.15, 0.2) is 0 Å². The summed E-state index contributed by atoms with van der Waals surface area (Å²) in [4.78, 5) is 0. The summed E-state index contributed by atoms with van der Waals surface area (Å²) in [6.45, 7) is 2.33. The second-order valence-corrected chi connectivity index (χ2v) is 5.24. The van der Waals surface area contributed by atoms with Crippen molar-refractivity contribution in [2.75, 3.05) is 0 Å². The molecule has 0 aliphatic heterocycles. The largest absolute Gasteiger partial charge is 0.392 e. The van der Waals surface area contributed by atoms with Crippen LogP contribution in [-0.4, -0.2) is 23.3 Å². The van der Waals surface area contributed by atoms with Crippen molar-refractivity contribution in [2.24, 2.45) is 5.92 Å². The molecule has 4 atom stereocenters. The second-order valence-electron chi connectivity index (χ2n) is 5.24. The Bertz CT molecular complexity index is 183. The molecular weight excluding hydrogens is 174 g/mol. The van der Waals surface area contributed by atoms with Gasteiger partial charge in [0.25, 0.3) is 0 Å². The summed E-state index contributed by atoms with van der Waals surface area (Å²) in [5.74, 6) is 0.883. The van der Waals surface area contributed by atoms with Gasteiger partial charge < -0.3 is 10.4 Å². The molecule has 0 aromatic carbocycles. The Balaban J connectivity index is 1.78. The van der Waals surface area contributed by atoms with E-state index in [1.807, 2.05) is 0 Å². The summed E-state index contributed by atoms with van der Waals surface area (Å²) < 4.78 is 0. The molecule has 14 heavy (non-hydrogen) atoms. The zero-order chi connectivity index (χ0) is 9.97. The fourth-order valence-corrected chi connectivity index (χ4v) is 2.97. The van der Waals surface area contributed by atoms with E-state index >= 15 is 0 Å². The van der Waals surface area contributed by atoms with Crippen molar-refractivity contribution in [1.82, 2.24) is 5.32 Å². The van der Waals surface area contributed by atoms with Crippen LogP contribution in [0.2, 0.25) is 0 Å². The molecule has 0 aromatic rings. The molecule has 0 bridgehead atoms. The maximum absolute atomic E-state index is 9.83. The van der Waals surface area contributed by atoms with Crippen LogP contribution in [0.4, 0.5) is 0 Å². The Labute approximate surface area is 87.1 Å². The van der Waals surface area contributed by atoms with Gasteiger partial charge in [-0.1, -0.05) is 19.8 Å². The summed E-state index contributed by atoms with van der Waals surface area (Å²) >= 11 is 0. The summed E-state index contributed by atoms with van der Waals surface area (Å²) in [6.07, 6.45) is 8.57. The Hall–Kier alpha value is -0.0800. The van der Waals surface area contributed by atoms with Gasteiger partial charge in [0, 0.05) is 12.1 Å². The normalized spacial score (nSPS) is 44.1. The number of aliphatic hydroxyl groups is 1. The summed E-state index contributed by atoms with van der Waals surface area (Å²) in [7, 11) is 0. The van der Waals surface area contributed by atoms with Gasteiger partial charge >= 0.3 is 0 Å². The highest BCUT2D eigenvalue weighted by molar-refractivity contribution is 4.86. The topological polar surface area (TPSA) is 32.3 Å². The van der Waals surface area contributed by atoms with E-state index in [-0.39, 0.29) is 6.10 Å². The molecule has 82 valence electrons. The zero-order valence-corrected chi connectivity index (χ0v) is 9.21. The van der Waals surface area contributed by atoms with Crippen molar-refractivity contribution in [2.45, 2.75) is 70.1 Å². The van der Waals surface area contributed by atoms with Gasteiger partial charge in [-0.2, -0.15) is 0 Å². The first-order valence-corrected chi connectivity index (χ1v) is 6.20. The van der Waals surface area contributed by atoms with Gasteiger partial charge in [-0.15, -0.1) is 0 Å². The molecule has 2 aliphatic rings. The molecule has 2 aliphatic carbocycles. The molecule has 2 heteroatoms. The standard InChI is InChI=1S/C12H23NO/c1-9-6-7-10(8-9)13-11-4-2-3-5-12(11)14/h9-14H,2-8H2,1H3/t9-,10+,11-,12+/m1/s1. The van der Waals surface area contributed by atoms with E-state index in [4.69, 9.17) is 0 Å². The molecule has 0 spiro atoms. The molecule has 2 saturated carbocycles. The van der Waals surface area contributed by atoms with Gasteiger partial charge in [-0.05, 0) is 38.0 Å². The lowest BCUT2D eigenvalue weighted by atomic mass is 9.92. The van der Waals surface area contributed by atoms with E-state index < -0.39 is 0 Å². The summed E-state index contributed by atoms with van der Waals surface area (Å²) in [5, 5.41) is 13.5. The van der Waals surface area contributed by atoms with E-state index in [0.29, 0.717) is 12.1 Å². The van der Waals surface area contributed by atoms with Crippen LogP contribution in [0.25, 0.3) is 0 Å². The van der Waals surface area contributed by atoms with E-state index in [1.54, 1.807) is 0 Å². The van der Waals surface area contributed by atoms with Crippen LogP contribution >= 0.6 is 0 Å². The number of hydrogen-bond donors (Lipinski definition) is 2. The van der Waals surface area contributed by atoms with Crippen LogP contribution in [0.5, 0.6) is 0 Å². The maximum Gasteiger partial charge on any atom is 0.0693 e. The van der Waals surface area contributed by atoms with Crippen molar-refractivity contribution in [3.05, 3.63) is 0 Å². The minimum atomic E-state index is -0.0837. The minimum Gasteiger partial charge on any atom is -0.392 e. The number of rotatable bonds is 2. The predicted octanol–water partition coefficient (Wildman–Crippen LogP) is 2.07. The molecule has 2 rings (SSSR count). The third kappa shape index (κ3) is 2.48. The Morgan fingerprint density at radius 1 is 1.07 bits per heavy atom. The Kier molecular flexibility index (Phi) is 3.45. The molecule has 0 saturated heterocycles. The molecule has 0 amide bonds. The van der Waals surface area contributed by atoms with E-state index in [2.05, 4.69) is 12.2 Å². The van der Waals surface area contributed by atoms with E-state index in [9.17, 15) is 5.11 Å². The minimum absolute atomic E-state index is 0.0837. The zero-order valence-electron chi connectivity index (χ0n) is 9.21. The lowest BCUT2D eigenvalue weighted by Crippen LogP contribution is -2.46. The lowest BCUT2D eigenvalue weighted by Gasteiger charge is -2.31. The highest BCUT2D eigenvalue weighted by atomic mass is 16.3. The molecule has 0 radical (unpaired) electrons. The second kappa shape index (κ2) is 4.63. The molecule has 0 unspecified atom stereocenters. The van der Waals surface area contributed by atoms with E-state index in [0.717, 1.165) is 12.3 Å². The molecule has 2 N–H and O–H groups in total. The van der Waals surface area contributed by atoms with Crippen molar-refractivity contribution in [3.8, 4) is 0 Å². The average Bonchev–Trinajstić information content (AvgIpc) is 2.56. The maximum atomic E-state index is 9.83. The molecular formula is C12H23NO. The van der Waals surface area contributed by atoms with Crippen LogP contribution in [0, 0.1) is 5.92 Å². The monoisotopic (exact) mass is 197 g/mol. The predicted molar refractivity (Wildman–Crippen MR) is 58.2 cm³/mol. The highest BCUT2D eigenvalue weighted by Gasteiger charge is 2.28. The van der Waals surface area contributed by atoms with Gasteiger partial charge in [-0.25, -0.2) is 0 Å². The third-order valence-electron chi connectivity index (χ3n) is 3.87. The number of aliphatic hydroxyl groups excluding tert-OH is 1. The van der Waals surface area contributed by atoms with E-state index in [1.165, 1.54) is 38.5 Å². The highest BCUT2D eigenvalue weighted by Crippen LogP contribution is 2.27. The SMILES string of the molecule is C[C@@H]1CC[C@H](N[C@@H]2CCCC[C@@H]2O)C1. The molecule has 2 nitrogen and oxygen atoms in total.